The summed E-state index contributed by atoms with van der Waals surface area (Å²) in [5, 5.41) is 4.46. The average Bonchev–Trinajstić information content (AvgIpc) is 2.74. The molecule has 1 fully saturated rings. The second-order valence-corrected chi connectivity index (χ2v) is 4.88. The zero-order valence-electron chi connectivity index (χ0n) is 9.17. The standard InChI is InChI=1S/C13H18ClN/c1-10(13-7-4-8-15-13)9-11-5-2-3-6-12(11)14/h2-3,5-6,10,13,15H,4,7-9H2,1H3. The van der Waals surface area contributed by atoms with Gasteiger partial charge in [-0.15, -0.1) is 0 Å². The molecule has 15 heavy (non-hydrogen) atoms. The highest BCUT2D eigenvalue weighted by molar-refractivity contribution is 6.31. The van der Waals surface area contributed by atoms with Crippen LogP contribution in [0.1, 0.15) is 25.3 Å². The number of benzene rings is 1. The molecule has 0 saturated carbocycles. The number of rotatable bonds is 3. The van der Waals surface area contributed by atoms with Crippen molar-refractivity contribution in [3.05, 3.63) is 34.9 Å². The Bertz CT molecular complexity index is 318. The van der Waals surface area contributed by atoms with Gasteiger partial charge in [-0.25, -0.2) is 0 Å². The summed E-state index contributed by atoms with van der Waals surface area (Å²) >= 11 is 6.15. The second kappa shape index (κ2) is 5.00. The molecule has 1 saturated heterocycles. The highest BCUT2D eigenvalue weighted by Crippen LogP contribution is 2.23. The van der Waals surface area contributed by atoms with Gasteiger partial charge in [0.15, 0.2) is 0 Å². The zero-order valence-corrected chi connectivity index (χ0v) is 9.93. The average molecular weight is 224 g/mol. The van der Waals surface area contributed by atoms with E-state index >= 15 is 0 Å². The van der Waals surface area contributed by atoms with Crippen molar-refractivity contribution in [2.75, 3.05) is 6.54 Å². The monoisotopic (exact) mass is 223 g/mol. The number of hydrogen-bond acceptors (Lipinski definition) is 1. The molecule has 2 unspecified atom stereocenters. The summed E-state index contributed by atoms with van der Waals surface area (Å²) in [6.45, 7) is 3.49. The minimum Gasteiger partial charge on any atom is -0.314 e. The topological polar surface area (TPSA) is 12.0 Å². The molecule has 2 rings (SSSR count). The maximum Gasteiger partial charge on any atom is 0.0438 e. The van der Waals surface area contributed by atoms with E-state index in [2.05, 4.69) is 24.4 Å². The first kappa shape index (κ1) is 11.0. The van der Waals surface area contributed by atoms with Crippen molar-refractivity contribution in [2.45, 2.75) is 32.2 Å². The molecule has 0 aromatic heterocycles. The molecule has 0 spiro atoms. The Morgan fingerprint density at radius 3 is 2.93 bits per heavy atom. The fraction of sp³-hybridized carbons (Fsp3) is 0.538. The largest absolute Gasteiger partial charge is 0.314 e. The molecule has 1 aliphatic heterocycles. The first-order valence-corrected chi connectivity index (χ1v) is 6.12. The summed E-state index contributed by atoms with van der Waals surface area (Å²) in [5.74, 6) is 0.674. The quantitative estimate of drug-likeness (QED) is 0.830. The molecule has 82 valence electrons. The van der Waals surface area contributed by atoms with Gasteiger partial charge >= 0.3 is 0 Å². The van der Waals surface area contributed by atoms with Gasteiger partial charge < -0.3 is 5.32 Å². The van der Waals surface area contributed by atoms with Gasteiger partial charge in [-0.05, 0) is 43.4 Å². The molecule has 0 aliphatic carbocycles. The molecule has 1 aromatic rings. The Morgan fingerprint density at radius 2 is 2.27 bits per heavy atom. The summed E-state index contributed by atoms with van der Waals surface area (Å²) in [6, 6.07) is 8.85. The summed E-state index contributed by atoms with van der Waals surface area (Å²) in [6.07, 6.45) is 3.71. The third kappa shape index (κ3) is 2.73. The van der Waals surface area contributed by atoms with Gasteiger partial charge in [-0.3, -0.25) is 0 Å². The maximum atomic E-state index is 6.15. The molecule has 0 bridgehead atoms. The minimum absolute atomic E-state index is 0.674. The van der Waals surface area contributed by atoms with Crippen LogP contribution in [0.15, 0.2) is 24.3 Å². The molecular formula is C13H18ClN. The van der Waals surface area contributed by atoms with Crippen LogP contribution in [-0.4, -0.2) is 12.6 Å². The van der Waals surface area contributed by atoms with Crippen LogP contribution < -0.4 is 5.32 Å². The van der Waals surface area contributed by atoms with Gasteiger partial charge in [0, 0.05) is 11.1 Å². The van der Waals surface area contributed by atoms with E-state index in [1.54, 1.807) is 0 Å². The minimum atomic E-state index is 0.674. The smallest absolute Gasteiger partial charge is 0.0438 e. The third-order valence-electron chi connectivity index (χ3n) is 3.29. The van der Waals surface area contributed by atoms with Gasteiger partial charge in [-0.1, -0.05) is 36.7 Å². The lowest BCUT2D eigenvalue weighted by Crippen LogP contribution is -2.29. The van der Waals surface area contributed by atoms with E-state index < -0.39 is 0 Å². The molecule has 1 heterocycles. The fourth-order valence-corrected chi connectivity index (χ4v) is 2.56. The van der Waals surface area contributed by atoms with Gasteiger partial charge in [-0.2, -0.15) is 0 Å². The van der Waals surface area contributed by atoms with Crippen molar-refractivity contribution < 1.29 is 0 Å². The van der Waals surface area contributed by atoms with Gasteiger partial charge in [0.2, 0.25) is 0 Å². The van der Waals surface area contributed by atoms with Crippen LogP contribution >= 0.6 is 11.6 Å². The van der Waals surface area contributed by atoms with Crippen LogP contribution in [0.25, 0.3) is 0 Å². The van der Waals surface area contributed by atoms with Crippen molar-refractivity contribution in [3.8, 4) is 0 Å². The van der Waals surface area contributed by atoms with Crippen LogP contribution in [0.5, 0.6) is 0 Å². The van der Waals surface area contributed by atoms with Crippen molar-refractivity contribution in [2.24, 2.45) is 5.92 Å². The number of halogens is 1. The van der Waals surface area contributed by atoms with Crippen LogP contribution in [-0.2, 0) is 6.42 Å². The van der Waals surface area contributed by atoms with E-state index in [0.717, 1.165) is 11.4 Å². The van der Waals surface area contributed by atoms with E-state index in [-0.39, 0.29) is 0 Å². The van der Waals surface area contributed by atoms with Gasteiger partial charge in [0.25, 0.3) is 0 Å². The predicted octanol–water partition coefficient (Wildman–Crippen LogP) is 3.27. The summed E-state index contributed by atoms with van der Waals surface area (Å²) in [7, 11) is 0. The van der Waals surface area contributed by atoms with Crippen molar-refractivity contribution in [3.63, 3.8) is 0 Å². The van der Waals surface area contributed by atoms with Crippen LogP contribution in [0.4, 0.5) is 0 Å². The summed E-state index contributed by atoms with van der Waals surface area (Å²) in [4.78, 5) is 0. The van der Waals surface area contributed by atoms with Crippen molar-refractivity contribution >= 4 is 11.6 Å². The molecular weight excluding hydrogens is 206 g/mol. The number of hydrogen-bond donors (Lipinski definition) is 1. The van der Waals surface area contributed by atoms with E-state index in [9.17, 15) is 0 Å². The second-order valence-electron chi connectivity index (χ2n) is 4.48. The Hall–Kier alpha value is -0.530. The highest BCUT2D eigenvalue weighted by atomic mass is 35.5. The van der Waals surface area contributed by atoms with E-state index in [1.165, 1.54) is 24.9 Å². The zero-order chi connectivity index (χ0) is 10.7. The van der Waals surface area contributed by atoms with E-state index in [0.29, 0.717) is 12.0 Å². The molecule has 1 aromatic carbocycles. The fourth-order valence-electron chi connectivity index (χ4n) is 2.35. The molecule has 1 N–H and O–H groups in total. The Balaban J connectivity index is 1.99. The van der Waals surface area contributed by atoms with Crippen LogP contribution in [0.3, 0.4) is 0 Å². The van der Waals surface area contributed by atoms with Gasteiger partial charge in [0.1, 0.15) is 0 Å². The normalized spacial score (nSPS) is 22.9. The first-order valence-electron chi connectivity index (χ1n) is 5.74. The van der Waals surface area contributed by atoms with E-state index in [1.807, 2.05) is 12.1 Å². The maximum absolute atomic E-state index is 6.15. The van der Waals surface area contributed by atoms with Crippen molar-refractivity contribution in [1.82, 2.24) is 5.32 Å². The Kier molecular flexibility index (Phi) is 3.66. The lowest BCUT2D eigenvalue weighted by Gasteiger charge is -2.19. The molecule has 1 nitrogen and oxygen atoms in total. The molecule has 2 heteroatoms. The van der Waals surface area contributed by atoms with Crippen LogP contribution in [0.2, 0.25) is 5.02 Å². The third-order valence-corrected chi connectivity index (χ3v) is 3.65. The molecule has 1 aliphatic rings. The molecule has 0 radical (unpaired) electrons. The predicted molar refractivity (Wildman–Crippen MR) is 65.3 cm³/mol. The lowest BCUT2D eigenvalue weighted by molar-refractivity contribution is 0.418. The summed E-state index contributed by atoms with van der Waals surface area (Å²) < 4.78 is 0. The lowest BCUT2D eigenvalue weighted by atomic mass is 9.93. The van der Waals surface area contributed by atoms with Crippen LogP contribution in [0, 0.1) is 5.92 Å². The van der Waals surface area contributed by atoms with Gasteiger partial charge in [0.05, 0.1) is 0 Å². The van der Waals surface area contributed by atoms with Crippen molar-refractivity contribution in [1.29, 1.82) is 0 Å². The Labute approximate surface area is 96.8 Å². The summed E-state index contributed by atoms with van der Waals surface area (Å²) in [5.41, 5.74) is 1.28. The highest BCUT2D eigenvalue weighted by Gasteiger charge is 2.21. The number of nitrogens with one attached hydrogen (secondary N) is 1. The van der Waals surface area contributed by atoms with E-state index in [4.69, 9.17) is 11.6 Å². The Morgan fingerprint density at radius 1 is 1.47 bits per heavy atom. The first-order chi connectivity index (χ1) is 7.27. The SMILES string of the molecule is CC(Cc1ccccc1Cl)C1CCCN1. The molecule has 2 atom stereocenters. The molecule has 0 amide bonds.